The van der Waals surface area contributed by atoms with Gasteiger partial charge in [0.25, 0.3) is 15.9 Å². The van der Waals surface area contributed by atoms with E-state index in [1.807, 2.05) is 6.92 Å². The summed E-state index contributed by atoms with van der Waals surface area (Å²) in [4.78, 5) is 25.4. The van der Waals surface area contributed by atoms with Gasteiger partial charge in [0.2, 0.25) is 0 Å². The van der Waals surface area contributed by atoms with E-state index >= 15 is 0 Å². The van der Waals surface area contributed by atoms with Crippen LogP contribution in [0.15, 0.2) is 101 Å². The van der Waals surface area contributed by atoms with Crippen molar-refractivity contribution < 1.29 is 32.2 Å². The molecule has 0 radical (unpaired) electrons. The fourth-order valence-corrected chi connectivity index (χ4v) is 4.88. The molecule has 0 atom stereocenters. The average molecular weight is 608 g/mol. The summed E-state index contributed by atoms with van der Waals surface area (Å²) in [6, 6.07) is 23.0. The van der Waals surface area contributed by atoms with E-state index in [-0.39, 0.29) is 27.6 Å². The Morgan fingerprint density at radius 1 is 0.929 bits per heavy atom. The first kappa shape index (κ1) is 30.1. The van der Waals surface area contributed by atoms with Crippen molar-refractivity contribution in [1.82, 2.24) is 5.43 Å². The highest BCUT2D eigenvalue weighted by Crippen LogP contribution is 2.29. The number of anilines is 1. The van der Waals surface area contributed by atoms with E-state index in [0.717, 1.165) is 0 Å². The minimum absolute atomic E-state index is 0.0114. The van der Waals surface area contributed by atoms with Gasteiger partial charge in [-0.25, -0.2) is 18.6 Å². The van der Waals surface area contributed by atoms with Crippen LogP contribution in [0.2, 0.25) is 5.02 Å². The Morgan fingerprint density at radius 2 is 1.64 bits per heavy atom. The Balaban J connectivity index is 1.42. The number of carbonyl (C=O) groups excluding carboxylic acids is 2. The Morgan fingerprint density at radius 3 is 2.33 bits per heavy atom. The SMILES string of the molecule is CCOc1ccc(C(=O)Oc2ccc(C=NNC(=O)c3ccccc3NS(=O)(=O)c3ccc(Cl)cc3)cc2OC)cc1. The van der Waals surface area contributed by atoms with Crippen molar-refractivity contribution in [2.45, 2.75) is 11.8 Å². The summed E-state index contributed by atoms with van der Waals surface area (Å²) in [5.74, 6) is -0.111. The molecule has 0 fully saturated rings. The van der Waals surface area contributed by atoms with E-state index < -0.39 is 21.9 Å². The predicted molar refractivity (Wildman–Crippen MR) is 159 cm³/mol. The molecular formula is C30H26ClN3O7S. The third-order valence-electron chi connectivity index (χ3n) is 5.71. The lowest BCUT2D eigenvalue weighted by molar-refractivity contribution is 0.0729. The first-order valence-electron chi connectivity index (χ1n) is 12.5. The zero-order chi connectivity index (χ0) is 30.1. The quantitative estimate of drug-likeness (QED) is 0.0991. The van der Waals surface area contributed by atoms with Crippen LogP contribution in [0, 0.1) is 0 Å². The van der Waals surface area contributed by atoms with Gasteiger partial charge in [0.15, 0.2) is 11.5 Å². The van der Waals surface area contributed by atoms with Crippen LogP contribution in [0.3, 0.4) is 0 Å². The molecule has 10 nitrogen and oxygen atoms in total. The van der Waals surface area contributed by atoms with Gasteiger partial charge in [-0.05, 0) is 91.3 Å². The lowest BCUT2D eigenvalue weighted by Crippen LogP contribution is -2.21. The molecule has 0 spiro atoms. The Labute approximate surface area is 247 Å². The summed E-state index contributed by atoms with van der Waals surface area (Å²) in [7, 11) is -2.55. The van der Waals surface area contributed by atoms with Crippen LogP contribution in [0.1, 0.15) is 33.2 Å². The van der Waals surface area contributed by atoms with Crippen molar-refractivity contribution in [1.29, 1.82) is 0 Å². The maximum absolute atomic E-state index is 12.8. The number of nitrogens with one attached hydrogen (secondary N) is 2. The number of halogens is 1. The zero-order valence-corrected chi connectivity index (χ0v) is 24.1. The van der Waals surface area contributed by atoms with E-state index in [0.29, 0.717) is 28.5 Å². The average Bonchev–Trinajstić information content (AvgIpc) is 2.98. The molecule has 0 aliphatic heterocycles. The number of ether oxygens (including phenoxy) is 3. The third kappa shape index (κ3) is 7.65. The number of sulfonamides is 1. The van der Waals surface area contributed by atoms with E-state index in [2.05, 4.69) is 15.2 Å². The lowest BCUT2D eigenvalue weighted by atomic mass is 10.2. The van der Waals surface area contributed by atoms with Crippen LogP contribution in [0.25, 0.3) is 0 Å². The van der Waals surface area contributed by atoms with Gasteiger partial charge in [-0.15, -0.1) is 0 Å². The number of benzene rings is 4. The number of methoxy groups -OCH3 is 1. The molecule has 0 aliphatic carbocycles. The number of hydrazone groups is 1. The largest absolute Gasteiger partial charge is 0.494 e. The van der Waals surface area contributed by atoms with Crippen molar-refractivity contribution in [3.63, 3.8) is 0 Å². The van der Waals surface area contributed by atoms with Crippen LogP contribution in [0.5, 0.6) is 17.2 Å². The van der Waals surface area contributed by atoms with Crippen LogP contribution in [0.4, 0.5) is 5.69 Å². The fraction of sp³-hybridized carbons (Fsp3) is 0.100. The summed E-state index contributed by atoms with van der Waals surface area (Å²) in [5, 5.41) is 4.36. The van der Waals surface area contributed by atoms with E-state index in [1.54, 1.807) is 48.5 Å². The Bertz CT molecular complexity index is 1710. The van der Waals surface area contributed by atoms with Gasteiger partial charge in [0.1, 0.15) is 5.75 Å². The second-order valence-electron chi connectivity index (χ2n) is 8.56. The molecule has 0 saturated carbocycles. The standard InChI is InChI=1S/C30H26ClN3O7S/c1-3-40-23-13-9-21(10-14-23)30(36)41-27-17-8-20(18-28(27)39-2)19-32-33-29(35)25-6-4-5-7-26(25)34-42(37,38)24-15-11-22(31)12-16-24/h4-19,34H,3H2,1-2H3,(H,33,35). The van der Waals surface area contributed by atoms with Gasteiger partial charge in [0, 0.05) is 5.02 Å². The smallest absolute Gasteiger partial charge is 0.343 e. The monoisotopic (exact) mass is 607 g/mol. The number of para-hydroxylation sites is 1. The number of rotatable bonds is 11. The van der Waals surface area contributed by atoms with E-state index in [9.17, 15) is 18.0 Å². The zero-order valence-electron chi connectivity index (χ0n) is 22.5. The molecule has 216 valence electrons. The first-order chi connectivity index (χ1) is 20.2. The molecule has 4 aromatic carbocycles. The Hall–Kier alpha value is -4.87. The van der Waals surface area contributed by atoms with Crippen molar-refractivity contribution >= 4 is 45.4 Å². The molecule has 0 aromatic heterocycles. The van der Waals surface area contributed by atoms with Gasteiger partial charge < -0.3 is 14.2 Å². The molecule has 12 heteroatoms. The van der Waals surface area contributed by atoms with E-state index in [1.165, 1.54) is 55.8 Å². The number of hydrogen-bond donors (Lipinski definition) is 2. The number of hydrogen-bond acceptors (Lipinski definition) is 8. The summed E-state index contributed by atoms with van der Waals surface area (Å²) >= 11 is 5.85. The second-order valence-corrected chi connectivity index (χ2v) is 10.7. The van der Waals surface area contributed by atoms with Crippen molar-refractivity contribution in [2.75, 3.05) is 18.4 Å². The lowest BCUT2D eigenvalue weighted by Gasteiger charge is -2.12. The van der Waals surface area contributed by atoms with Crippen LogP contribution >= 0.6 is 11.6 Å². The molecule has 0 heterocycles. The number of nitrogens with zero attached hydrogens (tertiary/aromatic N) is 1. The summed E-state index contributed by atoms with van der Waals surface area (Å²) in [6.07, 6.45) is 1.36. The first-order valence-corrected chi connectivity index (χ1v) is 14.4. The molecule has 4 aromatic rings. The molecule has 2 N–H and O–H groups in total. The van der Waals surface area contributed by atoms with Gasteiger partial charge in [-0.3, -0.25) is 9.52 Å². The van der Waals surface area contributed by atoms with Crippen LogP contribution in [-0.2, 0) is 10.0 Å². The second kappa shape index (κ2) is 13.7. The molecular weight excluding hydrogens is 582 g/mol. The summed E-state index contributed by atoms with van der Waals surface area (Å²) in [5.41, 5.74) is 3.38. The number of amides is 1. The van der Waals surface area contributed by atoms with Crippen LogP contribution in [-0.4, -0.2) is 40.2 Å². The fourth-order valence-electron chi connectivity index (χ4n) is 3.67. The third-order valence-corrected chi connectivity index (χ3v) is 7.34. The highest BCUT2D eigenvalue weighted by molar-refractivity contribution is 7.92. The number of carbonyl (C=O) groups is 2. The predicted octanol–water partition coefficient (Wildman–Crippen LogP) is 5.53. The topological polar surface area (TPSA) is 132 Å². The van der Waals surface area contributed by atoms with Crippen molar-refractivity contribution in [3.8, 4) is 17.2 Å². The molecule has 4 rings (SSSR count). The maximum Gasteiger partial charge on any atom is 0.343 e. The van der Waals surface area contributed by atoms with Crippen LogP contribution < -0.4 is 24.4 Å². The Kier molecular flexibility index (Phi) is 9.79. The molecule has 0 saturated heterocycles. The molecule has 0 unspecified atom stereocenters. The highest BCUT2D eigenvalue weighted by Gasteiger charge is 2.19. The van der Waals surface area contributed by atoms with Gasteiger partial charge in [-0.1, -0.05) is 23.7 Å². The number of esters is 1. The summed E-state index contributed by atoms with van der Waals surface area (Å²) in [6.45, 7) is 2.38. The van der Waals surface area contributed by atoms with Gasteiger partial charge in [0.05, 0.1) is 41.6 Å². The van der Waals surface area contributed by atoms with Gasteiger partial charge >= 0.3 is 5.97 Å². The summed E-state index contributed by atoms with van der Waals surface area (Å²) < 4.78 is 44.2. The minimum Gasteiger partial charge on any atom is -0.494 e. The highest BCUT2D eigenvalue weighted by atomic mass is 35.5. The van der Waals surface area contributed by atoms with Gasteiger partial charge in [-0.2, -0.15) is 5.10 Å². The maximum atomic E-state index is 12.8. The van der Waals surface area contributed by atoms with Crippen molar-refractivity contribution in [3.05, 3.63) is 113 Å². The van der Waals surface area contributed by atoms with E-state index in [4.69, 9.17) is 25.8 Å². The van der Waals surface area contributed by atoms with Crippen molar-refractivity contribution in [2.24, 2.45) is 5.10 Å². The molecule has 1 amide bonds. The minimum atomic E-state index is -3.97. The molecule has 42 heavy (non-hydrogen) atoms. The molecule has 0 bridgehead atoms. The molecule has 0 aliphatic rings. The normalized spacial score (nSPS) is 11.1.